The molecule has 2 aromatic carbocycles. The Morgan fingerprint density at radius 3 is 2.23 bits per heavy atom. The van der Waals surface area contributed by atoms with Gasteiger partial charge in [-0.25, -0.2) is 4.79 Å². The van der Waals surface area contributed by atoms with Crippen LogP contribution in [-0.4, -0.2) is 48.7 Å². The summed E-state index contributed by atoms with van der Waals surface area (Å²) < 4.78 is 0. The number of allylic oxidation sites excluding steroid dienone is 1. The molecule has 0 saturated carbocycles. The average Bonchev–Trinajstić information content (AvgIpc) is 2.75. The van der Waals surface area contributed by atoms with Gasteiger partial charge < -0.3 is 10.0 Å². The first-order chi connectivity index (χ1) is 14.8. The summed E-state index contributed by atoms with van der Waals surface area (Å²) in [6, 6.07) is 16.3. The van der Waals surface area contributed by atoms with E-state index in [1.807, 2.05) is 12.1 Å². The number of carbonyl (C=O) groups is 1. The fourth-order valence-electron chi connectivity index (χ4n) is 4.92. The molecule has 164 valence electrons. The zero-order chi connectivity index (χ0) is 22.0. The van der Waals surface area contributed by atoms with Crippen LogP contribution in [0.1, 0.15) is 54.6 Å². The number of aryl methyl sites for hydroxylation is 1. The van der Waals surface area contributed by atoms with E-state index < -0.39 is 5.97 Å². The Morgan fingerprint density at radius 2 is 1.61 bits per heavy atom. The maximum atomic E-state index is 11.1. The lowest BCUT2D eigenvalue weighted by Gasteiger charge is -2.39. The van der Waals surface area contributed by atoms with E-state index in [2.05, 4.69) is 54.8 Å². The van der Waals surface area contributed by atoms with Crippen LogP contribution in [0.3, 0.4) is 0 Å². The molecule has 1 saturated heterocycles. The van der Waals surface area contributed by atoms with E-state index in [1.165, 1.54) is 30.4 Å². The second-order valence-corrected chi connectivity index (χ2v) is 9.90. The van der Waals surface area contributed by atoms with Gasteiger partial charge in [-0.2, -0.15) is 0 Å². The van der Waals surface area contributed by atoms with Crippen molar-refractivity contribution in [2.45, 2.75) is 40.0 Å². The minimum absolute atomic E-state index is 0.345. The Balaban J connectivity index is 1.45. The molecule has 4 heteroatoms. The van der Waals surface area contributed by atoms with Crippen molar-refractivity contribution in [3.8, 4) is 0 Å². The third-order valence-corrected chi connectivity index (χ3v) is 6.84. The molecule has 0 aromatic heterocycles. The smallest absolute Gasteiger partial charge is 0.335 e. The maximum absolute atomic E-state index is 11.1. The first-order valence-corrected chi connectivity index (χ1v) is 11.4. The molecule has 0 bridgehead atoms. The van der Waals surface area contributed by atoms with E-state index in [0.717, 1.165) is 38.4 Å². The van der Waals surface area contributed by atoms with E-state index in [-0.39, 0.29) is 0 Å². The van der Waals surface area contributed by atoms with Crippen LogP contribution in [0.2, 0.25) is 0 Å². The van der Waals surface area contributed by atoms with Crippen molar-refractivity contribution in [1.82, 2.24) is 4.90 Å². The van der Waals surface area contributed by atoms with E-state index >= 15 is 0 Å². The van der Waals surface area contributed by atoms with Crippen molar-refractivity contribution in [2.75, 3.05) is 37.6 Å². The minimum Gasteiger partial charge on any atom is -0.478 e. The summed E-state index contributed by atoms with van der Waals surface area (Å²) in [4.78, 5) is 16.0. The van der Waals surface area contributed by atoms with Crippen LogP contribution < -0.4 is 4.90 Å². The molecule has 2 aliphatic rings. The number of nitrogens with zero attached hydrogens (tertiary/aromatic N) is 2. The molecule has 0 unspecified atom stereocenters. The van der Waals surface area contributed by atoms with Crippen LogP contribution in [-0.2, 0) is 0 Å². The van der Waals surface area contributed by atoms with Crippen molar-refractivity contribution >= 4 is 17.2 Å². The molecular formula is C27H34N2O2. The van der Waals surface area contributed by atoms with Crippen LogP contribution in [0.15, 0.2) is 54.1 Å². The molecule has 1 aliphatic heterocycles. The van der Waals surface area contributed by atoms with Crippen LogP contribution in [0.25, 0.3) is 5.57 Å². The van der Waals surface area contributed by atoms with Crippen LogP contribution in [0.5, 0.6) is 0 Å². The molecule has 4 rings (SSSR count). The Kier molecular flexibility index (Phi) is 6.19. The first kappa shape index (κ1) is 21.6. The molecule has 0 radical (unpaired) electrons. The van der Waals surface area contributed by atoms with Gasteiger partial charge in [-0.1, -0.05) is 49.2 Å². The molecule has 1 N–H and O–H groups in total. The van der Waals surface area contributed by atoms with Crippen LogP contribution in [0, 0.1) is 12.3 Å². The summed E-state index contributed by atoms with van der Waals surface area (Å²) >= 11 is 0. The fourth-order valence-corrected chi connectivity index (χ4v) is 4.92. The van der Waals surface area contributed by atoms with Crippen molar-refractivity contribution in [2.24, 2.45) is 5.41 Å². The zero-order valence-corrected chi connectivity index (χ0v) is 19.0. The number of carboxylic acid groups (broad SMARTS) is 1. The highest BCUT2D eigenvalue weighted by atomic mass is 16.4. The SMILES string of the molecule is Cc1ccc(C2=C(CN3CCN(c4ccc(C(=O)O)cc4)CC3)CC(C)(C)CC2)cc1. The predicted octanol–water partition coefficient (Wildman–Crippen LogP) is 5.48. The van der Waals surface area contributed by atoms with E-state index in [4.69, 9.17) is 5.11 Å². The summed E-state index contributed by atoms with van der Waals surface area (Å²) in [5, 5.41) is 9.11. The molecule has 0 amide bonds. The van der Waals surface area contributed by atoms with Crippen LogP contribution in [0.4, 0.5) is 5.69 Å². The van der Waals surface area contributed by atoms with Crippen molar-refractivity contribution in [1.29, 1.82) is 0 Å². The maximum Gasteiger partial charge on any atom is 0.335 e. The summed E-state index contributed by atoms with van der Waals surface area (Å²) in [7, 11) is 0. The number of hydrogen-bond acceptors (Lipinski definition) is 3. The molecule has 31 heavy (non-hydrogen) atoms. The number of rotatable bonds is 5. The topological polar surface area (TPSA) is 43.8 Å². The normalized spacial score (nSPS) is 19.5. The van der Waals surface area contributed by atoms with Gasteiger partial charge in [0.1, 0.15) is 0 Å². The molecule has 4 nitrogen and oxygen atoms in total. The lowest BCUT2D eigenvalue weighted by Crippen LogP contribution is -2.47. The number of carboxylic acids is 1. The van der Waals surface area contributed by atoms with Crippen LogP contribution >= 0.6 is 0 Å². The Labute approximate surface area is 186 Å². The third-order valence-electron chi connectivity index (χ3n) is 6.84. The van der Waals surface area contributed by atoms with Gasteiger partial charge in [0.05, 0.1) is 5.56 Å². The highest BCUT2D eigenvalue weighted by Gasteiger charge is 2.29. The second-order valence-electron chi connectivity index (χ2n) is 9.90. The number of hydrogen-bond donors (Lipinski definition) is 1. The molecule has 2 aromatic rings. The molecule has 0 spiro atoms. The van der Waals surface area contributed by atoms with E-state index in [9.17, 15) is 4.79 Å². The van der Waals surface area contributed by atoms with Crippen molar-refractivity contribution < 1.29 is 9.90 Å². The van der Waals surface area contributed by atoms with Gasteiger partial charge in [0.25, 0.3) is 0 Å². The lowest BCUT2D eigenvalue weighted by atomic mass is 9.72. The molecule has 1 heterocycles. The minimum atomic E-state index is -0.871. The summed E-state index contributed by atoms with van der Waals surface area (Å²) in [5.74, 6) is -0.871. The molecule has 0 atom stereocenters. The Hall–Kier alpha value is -2.59. The molecule has 1 aliphatic carbocycles. The molecular weight excluding hydrogens is 384 g/mol. The van der Waals surface area contributed by atoms with E-state index in [1.54, 1.807) is 23.3 Å². The predicted molar refractivity (Wildman–Crippen MR) is 128 cm³/mol. The highest BCUT2D eigenvalue weighted by molar-refractivity contribution is 5.88. The van der Waals surface area contributed by atoms with Gasteiger partial charge in [-0.15, -0.1) is 0 Å². The highest BCUT2D eigenvalue weighted by Crippen LogP contribution is 2.42. The summed E-state index contributed by atoms with van der Waals surface area (Å²) in [6.07, 6.45) is 3.59. The van der Waals surface area contributed by atoms with Gasteiger partial charge in [0.15, 0.2) is 0 Å². The average molecular weight is 419 g/mol. The van der Waals surface area contributed by atoms with Gasteiger partial charge in [0, 0.05) is 38.4 Å². The summed E-state index contributed by atoms with van der Waals surface area (Å²) in [6.45, 7) is 12.0. The number of benzene rings is 2. The quantitative estimate of drug-likeness (QED) is 0.698. The lowest BCUT2D eigenvalue weighted by molar-refractivity contribution is 0.0697. The Bertz CT molecular complexity index is 950. The second kappa shape index (κ2) is 8.88. The number of anilines is 1. The number of aromatic carboxylic acids is 1. The van der Waals surface area contributed by atoms with Gasteiger partial charge in [-0.3, -0.25) is 4.90 Å². The monoisotopic (exact) mass is 418 g/mol. The van der Waals surface area contributed by atoms with Crippen molar-refractivity contribution in [3.05, 3.63) is 70.8 Å². The van der Waals surface area contributed by atoms with Crippen molar-refractivity contribution in [3.63, 3.8) is 0 Å². The van der Waals surface area contributed by atoms with Gasteiger partial charge in [-0.05, 0) is 67.0 Å². The van der Waals surface area contributed by atoms with Gasteiger partial charge >= 0.3 is 5.97 Å². The Morgan fingerprint density at radius 1 is 0.968 bits per heavy atom. The van der Waals surface area contributed by atoms with E-state index in [0.29, 0.717) is 11.0 Å². The standard InChI is InChI=1S/C27H34N2O2/c1-20-4-6-21(7-5-20)25-12-13-27(2,3)18-23(25)19-28-14-16-29(17-15-28)24-10-8-22(9-11-24)26(30)31/h4-11H,12-19H2,1-3H3,(H,30,31). The third kappa shape index (κ3) is 5.19. The first-order valence-electron chi connectivity index (χ1n) is 11.4. The fraction of sp³-hybridized carbons (Fsp3) is 0.444. The summed E-state index contributed by atoms with van der Waals surface area (Å²) in [5.41, 5.74) is 7.71. The zero-order valence-electron chi connectivity index (χ0n) is 19.0. The van der Waals surface area contributed by atoms with Gasteiger partial charge in [0.2, 0.25) is 0 Å². The molecule has 1 fully saturated rings. The largest absolute Gasteiger partial charge is 0.478 e. The number of piperazine rings is 1.